The number of aryl methyl sites for hydroxylation is 1. The molecule has 0 aliphatic carbocycles. The fourth-order valence-corrected chi connectivity index (χ4v) is 2.32. The Balaban J connectivity index is 1.70. The summed E-state index contributed by atoms with van der Waals surface area (Å²) in [7, 11) is 0. The lowest BCUT2D eigenvalue weighted by Gasteiger charge is -2.02. The largest absolute Gasteiger partial charge is 0.455 e. The zero-order valence-corrected chi connectivity index (χ0v) is 13.7. The number of nitrogens with zero attached hydrogens (tertiary/aromatic N) is 3. The molecule has 130 valence electrons. The van der Waals surface area contributed by atoms with Gasteiger partial charge in [0.15, 0.2) is 0 Å². The van der Waals surface area contributed by atoms with Gasteiger partial charge in [-0.15, -0.1) is 0 Å². The van der Waals surface area contributed by atoms with Crippen LogP contribution in [-0.4, -0.2) is 22.0 Å². The van der Waals surface area contributed by atoms with Gasteiger partial charge in [-0.1, -0.05) is 0 Å². The van der Waals surface area contributed by atoms with Crippen molar-refractivity contribution in [3.8, 4) is 11.3 Å². The maximum atomic E-state index is 11.8. The molecule has 1 amide bonds. The smallest absolute Gasteiger partial charge is 0.272 e. The minimum atomic E-state index is -0.443. The molecule has 1 N–H and O–H groups in total. The second kappa shape index (κ2) is 7.39. The van der Waals surface area contributed by atoms with Gasteiger partial charge in [-0.2, -0.15) is 5.10 Å². The number of hydrogen-bond donors (Lipinski definition) is 1. The van der Waals surface area contributed by atoms with Crippen LogP contribution in [0, 0.1) is 17.0 Å². The van der Waals surface area contributed by atoms with Gasteiger partial charge in [0, 0.05) is 30.1 Å². The molecule has 2 heterocycles. The van der Waals surface area contributed by atoms with Gasteiger partial charge in [-0.05, 0) is 42.8 Å². The minimum Gasteiger partial charge on any atom is -0.455 e. The van der Waals surface area contributed by atoms with Crippen molar-refractivity contribution in [1.29, 1.82) is 0 Å². The first-order valence-electron chi connectivity index (χ1n) is 7.63. The van der Waals surface area contributed by atoms with Crippen LogP contribution >= 0.6 is 0 Å². The summed E-state index contributed by atoms with van der Waals surface area (Å²) >= 11 is 0. The number of rotatable bonds is 5. The zero-order valence-electron chi connectivity index (χ0n) is 13.7. The highest BCUT2D eigenvalue weighted by Crippen LogP contribution is 2.28. The van der Waals surface area contributed by atoms with Crippen LogP contribution in [0.15, 0.2) is 64.4 Å². The Hall–Kier alpha value is -3.81. The Morgan fingerprint density at radius 2 is 2.15 bits per heavy atom. The molecule has 8 heteroatoms. The predicted molar refractivity (Wildman–Crippen MR) is 94.8 cm³/mol. The number of nitrogens with one attached hydrogen (secondary N) is 1. The summed E-state index contributed by atoms with van der Waals surface area (Å²) in [5.74, 6) is 0.606. The lowest BCUT2D eigenvalue weighted by atomic mass is 10.1. The molecular weight excluding hydrogens is 336 g/mol. The van der Waals surface area contributed by atoms with E-state index in [-0.39, 0.29) is 11.6 Å². The number of hydrazone groups is 1. The van der Waals surface area contributed by atoms with E-state index in [9.17, 15) is 14.9 Å². The molecule has 0 radical (unpaired) electrons. The number of benzene rings is 1. The van der Waals surface area contributed by atoms with E-state index in [1.807, 2.05) is 0 Å². The van der Waals surface area contributed by atoms with Crippen LogP contribution in [0.5, 0.6) is 0 Å². The maximum Gasteiger partial charge on any atom is 0.272 e. The molecule has 0 saturated carbocycles. The van der Waals surface area contributed by atoms with E-state index >= 15 is 0 Å². The van der Waals surface area contributed by atoms with E-state index in [2.05, 4.69) is 15.5 Å². The summed E-state index contributed by atoms with van der Waals surface area (Å²) in [5, 5.41) is 14.7. The van der Waals surface area contributed by atoms with Gasteiger partial charge in [0.2, 0.25) is 0 Å². The lowest BCUT2D eigenvalue weighted by Crippen LogP contribution is -2.17. The summed E-state index contributed by atoms with van der Waals surface area (Å²) in [5.41, 5.74) is 4.27. The number of carbonyl (C=O) groups excluding carboxylic acids is 1. The van der Waals surface area contributed by atoms with E-state index < -0.39 is 4.92 Å². The summed E-state index contributed by atoms with van der Waals surface area (Å²) in [6.45, 7) is 1.77. The van der Waals surface area contributed by atoms with Gasteiger partial charge in [0.25, 0.3) is 11.6 Å². The van der Waals surface area contributed by atoms with E-state index in [4.69, 9.17) is 4.42 Å². The Morgan fingerprint density at radius 1 is 1.31 bits per heavy atom. The molecule has 2 aromatic heterocycles. The van der Waals surface area contributed by atoms with Crippen molar-refractivity contribution in [1.82, 2.24) is 10.4 Å². The first-order valence-corrected chi connectivity index (χ1v) is 7.63. The van der Waals surface area contributed by atoms with Gasteiger partial charge < -0.3 is 4.42 Å². The van der Waals surface area contributed by atoms with E-state index in [1.54, 1.807) is 43.5 Å². The number of carbonyl (C=O) groups is 1. The molecule has 0 aliphatic heterocycles. The fraction of sp³-hybridized carbons (Fsp3) is 0.0556. The molecule has 3 aromatic rings. The van der Waals surface area contributed by atoms with Crippen LogP contribution in [0.2, 0.25) is 0 Å². The van der Waals surface area contributed by atoms with E-state index in [0.29, 0.717) is 17.1 Å². The third-order valence-electron chi connectivity index (χ3n) is 3.59. The molecule has 8 nitrogen and oxygen atoms in total. The molecule has 0 saturated heterocycles. The average Bonchev–Trinajstić information content (AvgIpc) is 3.10. The van der Waals surface area contributed by atoms with Crippen LogP contribution in [0.4, 0.5) is 5.69 Å². The average molecular weight is 350 g/mol. The van der Waals surface area contributed by atoms with Crippen LogP contribution in [-0.2, 0) is 0 Å². The van der Waals surface area contributed by atoms with Gasteiger partial charge in [-0.25, -0.2) is 5.43 Å². The lowest BCUT2D eigenvalue weighted by molar-refractivity contribution is -0.384. The summed E-state index contributed by atoms with van der Waals surface area (Å²) in [6, 6.07) is 11.3. The van der Waals surface area contributed by atoms with Crippen molar-refractivity contribution in [3.05, 3.63) is 81.9 Å². The molecule has 0 bridgehead atoms. The molecule has 0 spiro atoms. The molecule has 1 aromatic carbocycles. The normalized spacial score (nSPS) is 10.8. The van der Waals surface area contributed by atoms with Gasteiger partial charge in [0.1, 0.15) is 11.5 Å². The minimum absolute atomic E-state index is 0.0257. The molecule has 0 unspecified atom stereocenters. The summed E-state index contributed by atoms with van der Waals surface area (Å²) in [6.07, 6.45) is 4.39. The number of non-ortho nitro benzene ring substituents is 1. The molecule has 0 fully saturated rings. The number of amides is 1. The summed E-state index contributed by atoms with van der Waals surface area (Å²) < 4.78 is 5.66. The van der Waals surface area contributed by atoms with Crippen molar-refractivity contribution in [2.45, 2.75) is 6.92 Å². The van der Waals surface area contributed by atoms with E-state index in [1.165, 1.54) is 24.5 Å². The first kappa shape index (κ1) is 17.0. The van der Waals surface area contributed by atoms with Gasteiger partial charge in [-0.3, -0.25) is 19.9 Å². The van der Waals surface area contributed by atoms with Crippen LogP contribution in [0.25, 0.3) is 11.3 Å². The van der Waals surface area contributed by atoms with Crippen molar-refractivity contribution < 1.29 is 14.1 Å². The topological polar surface area (TPSA) is 111 Å². The monoisotopic (exact) mass is 350 g/mol. The SMILES string of the molecule is Cc1cc([N+](=O)[O-])ccc1-c1ccc(/C=N/NC(=O)c2cccnc2)o1. The summed E-state index contributed by atoms with van der Waals surface area (Å²) in [4.78, 5) is 26.1. The second-order valence-corrected chi connectivity index (χ2v) is 5.40. The number of nitro groups is 1. The predicted octanol–water partition coefficient (Wildman–Crippen LogP) is 3.32. The number of nitro benzene ring substituents is 1. The third-order valence-corrected chi connectivity index (χ3v) is 3.59. The molecular formula is C18H14N4O4. The van der Waals surface area contributed by atoms with Crippen molar-refractivity contribution in [2.75, 3.05) is 0 Å². The maximum absolute atomic E-state index is 11.8. The highest BCUT2D eigenvalue weighted by molar-refractivity contribution is 5.94. The first-order chi connectivity index (χ1) is 12.5. The number of furan rings is 1. The molecule has 0 aliphatic rings. The Labute approximate surface area is 148 Å². The van der Waals surface area contributed by atoms with Crippen LogP contribution in [0.1, 0.15) is 21.7 Å². The third kappa shape index (κ3) is 3.81. The van der Waals surface area contributed by atoms with Crippen molar-refractivity contribution in [3.63, 3.8) is 0 Å². The molecule has 26 heavy (non-hydrogen) atoms. The van der Waals surface area contributed by atoms with Crippen molar-refractivity contribution >= 4 is 17.8 Å². The van der Waals surface area contributed by atoms with Crippen molar-refractivity contribution in [2.24, 2.45) is 5.10 Å². The quantitative estimate of drug-likeness (QED) is 0.431. The van der Waals surface area contributed by atoms with Gasteiger partial charge in [0.05, 0.1) is 16.7 Å². The number of hydrogen-bond acceptors (Lipinski definition) is 6. The molecule has 0 atom stereocenters. The Kier molecular flexibility index (Phi) is 4.84. The van der Waals surface area contributed by atoms with Crippen LogP contribution < -0.4 is 5.43 Å². The van der Waals surface area contributed by atoms with Crippen LogP contribution in [0.3, 0.4) is 0 Å². The highest BCUT2D eigenvalue weighted by atomic mass is 16.6. The number of pyridine rings is 1. The Morgan fingerprint density at radius 3 is 2.85 bits per heavy atom. The standard InChI is InChI=1S/C18H14N4O4/c1-12-9-14(22(24)25)4-6-16(12)17-7-5-15(26-17)11-20-21-18(23)13-3-2-8-19-10-13/h2-11H,1H3,(H,21,23)/b20-11+. The fourth-order valence-electron chi connectivity index (χ4n) is 2.32. The highest BCUT2D eigenvalue weighted by Gasteiger charge is 2.12. The zero-order chi connectivity index (χ0) is 18.5. The van der Waals surface area contributed by atoms with E-state index in [0.717, 1.165) is 11.1 Å². The Bertz CT molecular complexity index is 980. The molecule has 3 rings (SSSR count). The number of aromatic nitrogens is 1. The van der Waals surface area contributed by atoms with Gasteiger partial charge >= 0.3 is 0 Å². The second-order valence-electron chi connectivity index (χ2n) is 5.40.